The molecule has 0 saturated carbocycles. The summed E-state index contributed by atoms with van der Waals surface area (Å²) in [6.45, 7) is 6.73. The zero-order valence-electron chi connectivity index (χ0n) is 10.4. The van der Waals surface area contributed by atoms with Gasteiger partial charge in [-0.15, -0.1) is 0 Å². The van der Waals surface area contributed by atoms with Crippen molar-refractivity contribution >= 4 is 6.16 Å². The van der Waals surface area contributed by atoms with Gasteiger partial charge in [-0.1, -0.05) is 45.1 Å². The highest BCUT2D eigenvalue weighted by Crippen LogP contribution is 1.95. The van der Waals surface area contributed by atoms with Crippen molar-refractivity contribution < 1.29 is 14.3 Å². The summed E-state index contributed by atoms with van der Waals surface area (Å²) in [4.78, 5) is 11.0. The van der Waals surface area contributed by atoms with E-state index in [9.17, 15) is 4.79 Å². The highest BCUT2D eigenvalue weighted by Gasteiger charge is 2.03. The Hall–Kier alpha value is -1.25. The molecule has 0 aliphatic rings. The first-order valence-corrected chi connectivity index (χ1v) is 5.76. The summed E-state index contributed by atoms with van der Waals surface area (Å²) < 4.78 is 9.67. The third-order valence-corrected chi connectivity index (χ3v) is 1.67. The fourth-order valence-corrected chi connectivity index (χ4v) is 0.898. The Kier molecular flexibility index (Phi) is 9.47. The van der Waals surface area contributed by atoms with E-state index in [4.69, 9.17) is 9.47 Å². The van der Waals surface area contributed by atoms with Crippen LogP contribution in [0.4, 0.5) is 4.79 Å². The number of hydrogen-bond donors (Lipinski definition) is 0. The Bertz CT molecular complexity index is 229. The summed E-state index contributed by atoms with van der Waals surface area (Å²) in [6.07, 6.45) is 9.28. The van der Waals surface area contributed by atoms with E-state index in [1.165, 1.54) is 0 Å². The molecule has 16 heavy (non-hydrogen) atoms. The Balaban J connectivity index is 3.43. The summed E-state index contributed by atoms with van der Waals surface area (Å²) in [5, 5.41) is 0. The van der Waals surface area contributed by atoms with Crippen LogP contribution in [0.2, 0.25) is 0 Å². The molecule has 92 valence electrons. The first-order valence-electron chi connectivity index (χ1n) is 5.76. The minimum Gasteiger partial charge on any atom is -0.434 e. The predicted octanol–water partition coefficient (Wildman–Crippen LogP) is 3.71. The van der Waals surface area contributed by atoms with Crippen LogP contribution < -0.4 is 0 Å². The predicted molar refractivity (Wildman–Crippen MR) is 65.3 cm³/mol. The van der Waals surface area contributed by atoms with Gasteiger partial charge in [0.25, 0.3) is 0 Å². The van der Waals surface area contributed by atoms with Crippen molar-refractivity contribution in [2.75, 3.05) is 13.2 Å². The average Bonchev–Trinajstić information content (AvgIpc) is 2.25. The average molecular weight is 226 g/mol. The number of allylic oxidation sites excluding steroid dienone is 3. The van der Waals surface area contributed by atoms with Gasteiger partial charge in [-0.25, -0.2) is 4.79 Å². The quantitative estimate of drug-likeness (QED) is 0.490. The van der Waals surface area contributed by atoms with Crippen LogP contribution in [0.15, 0.2) is 24.3 Å². The van der Waals surface area contributed by atoms with Gasteiger partial charge in [-0.05, 0) is 18.8 Å². The van der Waals surface area contributed by atoms with Crippen LogP contribution in [0, 0.1) is 5.92 Å². The van der Waals surface area contributed by atoms with Crippen molar-refractivity contribution in [1.82, 2.24) is 0 Å². The maximum Gasteiger partial charge on any atom is 0.508 e. The van der Waals surface area contributed by atoms with Crippen LogP contribution in [0.5, 0.6) is 0 Å². The first kappa shape index (κ1) is 14.8. The fourth-order valence-electron chi connectivity index (χ4n) is 0.898. The minimum atomic E-state index is -0.595. The number of carbonyl (C=O) groups excluding carboxylic acids is 1. The Labute approximate surface area is 98.1 Å². The van der Waals surface area contributed by atoms with E-state index in [-0.39, 0.29) is 6.61 Å². The molecule has 0 rings (SSSR count). The van der Waals surface area contributed by atoms with Gasteiger partial charge in [0.2, 0.25) is 0 Å². The monoisotopic (exact) mass is 226 g/mol. The van der Waals surface area contributed by atoms with Crippen molar-refractivity contribution in [3.63, 3.8) is 0 Å². The molecule has 0 spiro atoms. The number of carbonyl (C=O) groups is 1. The second kappa shape index (κ2) is 10.3. The van der Waals surface area contributed by atoms with Gasteiger partial charge in [0.15, 0.2) is 0 Å². The van der Waals surface area contributed by atoms with E-state index in [0.717, 1.165) is 12.8 Å². The molecule has 0 radical (unpaired) electrons. The molecule has 0 N–H and O–H groups in total. The summed E-state index contributed by atoms with van der Waals surface area (Å²) in [5.74, 6) is 0.335. The van der Waals surface area contributed by atoms with Gasteiger partial charge in [-0.3, -0.25) is 0 Å². The molecule has 0 fully saturated rings. The van der Waals surface area contributed by atoms with E-state index in [2.05, 4.69) is 19.1 Å². The van der Waals surface area contributed by atoms with Crippen molar-refractivity contribution in [2.45, 2.75) is 33.6 Å². The third kappa shape index (κ3) is 10.8. The van der Waals surface area contributed by atoms with Crippen LogP contribution in [-0.4, -0.2) is 19.4 Å². The molecule has 0 heterocycles. The fraction of sp³-hybridized carbons (Fsp3) is 0.615. The van der Waals surface area contributed by atoms with E-state index in [1.807, 2.05) is 26.0 Å². The standard InChI is InChI=1S/C13H22O3/c1-4-5-6-7-8-9-10-15-13(14)16-11-12(2)3/h5-6,8-9,12H,4,7,10-11H2,1-3H3/b6-5-,9-8-. The van der Waals surface area contributed by atoms with Gasteiger partial charge < -0.3 is 9.47 Å². The molecule has 0 aromatic rings. The number of ether oxygens (including phenoxy) is 2. The lowest BCUT2D eigenvalue weighted by Gasteiger charge is -2.06. The molecule has 0 aromatic heterocycles. The van der Waals surface area contributed by atoms with Crippen LogP contribution in [0.1, 0.15) is 33.6 Å². The molecule has 0 aliphatic carbocycles. The van der Waals surface area contributed by atoms with Gasteiger partial charge >= 0.3 is 6.16 Å². The maximum absolute atomic E-state index is 11.0. The zero-order valence-corrected chi connectivity index (χ0v) is 10.4. The lowest BCUT2D eigenvalue weighted by atomic mass is 10.2. The molecular formula is C13H22O3. The van der Waals surface area contributed by atoms with Crippen LogP contribution in [0.25, 0.3) is 0 Å². The van der Waals surface area contributed by atoms with Gasteiger partial charge in [-0.2, -0.15) is 0 Å². The highest BCUT2D eigenvalue weighted by molar-refractivity contribution is 5.59. The Morgan fingerprint density at radius 3 is 2.44 bits per heavy atom. The van der Waals surface area contributed by atoms with E-state index >= 15 is 0 Å². The minimum absolute atomic E-state index is 0.275. The normalized spacial score (nSPS) is 11.5. The Morgan fingerprint density at radius 2 is 1.81 bits per heavy atom. The van der Waals surface area contributed by atoms with E-state index < -0.39 is 6.16 Å². The zero-order chi connectivity index (χ0) is 12.2. The summed E-state index contributed by atoms with van der Waals surface area (Å²) in [7, 11) is 0. The molecule has 0 aliphatic heterocycles. The van der Waals surface area contributed by atoms with Crippen molar-refractivity contribution in [3.05, 3.63) is 24.3 Å². The van der Waals surface area contributed by atoms with Crippen molar-refractivity contribution in [2.24, 2.45) is 5.92 Å². The first-order chi connectivity index (χ1) is 7.66. The molecule has 0 aromatic carbocycles. The molecule has 0 bridgehead atoms. The molecule has 0 unspecified atom stereocenters. The van der Waals surface area contributed by atoms with Gasteiger partial charge in [0.05, 0.1) is 6.61 Å². The molecular weight excluding hydrogens is 204 g/mol. The summed E-state index contributed by atoms with van der Waals surface area (Å²) in [6, 6.07) is 0. The van der Waals surface area contributed by atoms with Gasteiger partial charge in [0, 0.05) is 0 Å². The summed E-state index contributed by atoms with van der Waals surface area (Å²) >= 11 is 0. The lowest BCUT2D eigenvalue weighted by molar-refractivity contribution is 0.0550. The highest BCUT2D eigenvalue weighted by atomic mass is 16.7. The molecule has 0 amide bonds. The smallest absolute Gasteiger partial charge is 0.434 e. The van der Waals surface area contributed by atoms with Crippen molar-refractivity contribution in [1.29, 1.82) is 0 Å². The van der Waals surface area contributed by atoms with Crippen LogP contribution in [-0.2, 0) is 9.47 Å². The molecule has 3 nitrogen and oxygen atoms in total. The maximum atomic E-state index is 11.0. The van der Waals surface area contributed by atoms with Gasteiger partial charge in [0.1, 0.15) is 6.61 Å². The second-order valence-corrected chi connectivity index (χ2v) is 3.85. The number of rotatable bonds is 7. The number of hydrogen-bond acceptors (Lipinski definition) is 3. The second-order valence-electron chi connectivity index (χ2n) is 3.85. The van der Waals surface area contributed by atoms with Crippen LogP contribution in [0.3, 0.4) is 0 Å². The Morgan fingerprint density at radius 1 is 1.12 bits per heavy atom. The largest absolute Gasteiger partial charge is 0.508 e. The third-order valence-electron chi connectivity index (χ3n) is 1.67. The van der Waals surface area contributed by atoms with E-state index in [1.54, 1.807) is 0 Å². The summed E-state index contributed by atoms with van der Waals surface area (Å²) in [5.41, 5.74) is 0. The lowest BCUT2D eigenvalue weighted by Crippen LogP contribution is -2.11. The topological polar surface area (TPSA) is 35.5 Å². The molecule has 3 heteroatoms. The van der Waals surface area contributed by atoms with Crippen molar-refractivity contribution in [3.8, 4) is 0 Å². The van der Waals surface area contributed by atoms with E-state index in [0.29, 0.717) is 12.5 Å². The molecule has 0 atom stereocenters. The SMILES string of the molecule is CC/C=C\C/C=C\COC(=O)OCC(C)C. The van der Waals surface area contributed by atoms with Crippen LogP contribution >= 0.6 is 0 Å². The molecule has 0 saturated heterocycles.